The van der Waals surface area contributed by atoms with Gasteiger partial charge >= 0.3 is 0 Å². The van der Waals surface area contributed by atoms with Crippen LogP contribution in [0.4, 0.5) is 0 Å². The highest BCUT2D eigenvalue weighted by Crippen LogP contribution is 2.24. The first-order valence-corrected chi connectivity index (χ1v) is 10.1. The first kappa shape index (κ1) is 18.7. The summed E-state index contributed by atoms with van der Waals surface area (Å²) in [7, 11) is 0. The Bertz CT molecular complexity index is 956. The summed E-state index contributed by atoms with van der Waals surface area (Å²) in [6, 6.07) is 13.6. The highest BCUT2D eigenvalue weighted by molar-refractivity contribution is 7.71. The molecule has 0 bridgehead atoms. The summed E-state index contributed by atoms with van der Waals surface area (Å²) in [6.45, 7) is 2.52. The lowest BCUT2D eigenvalue weighted by Gasteiger charge is -2.33. The van der Waals surface area contributed by atoms with Crippen molar-refractivity contribution in [1.82, 2.24) is 19.8 Å². The number of aromatic nitrogens is 2. The fourth-order valence-electron chi connectivity index (χ4n) is 3.77. The zero-order chi connectivity index (χ0) is 19.3. The van der Waals surface area contributed by atoms with Gasteiger partial charge in [-0.3, -0.25) is 14.3 Å². The van der Waals surface area contributed by atoms with Crippen molar-refractivity contribution in [2.45, 2.75) is 25.3 Å². The maximum absolute atomic E-state index is 13.0. The number of nitrogens with one attached hydrogen (secondary N) is 2. The number of nitrogens with zero attached hydrogens (tertiary/aromatic N) is 2. The highest BCUT2D eigenvalue weighted by Gasteiger charge is 2.25. The van der Waals surface area contributed by atoms with E-state index in [1.807, 2.05) is 42.5 Å². The Labute approximate surface area is 169 Å². The minimum atomic E-state index is -0.162. The van der Waals surface area contributed by atoms with Crippen molar-refractivity contribution >= 4 is 18.1 Å². The number of piperidine rings is 1. The third-order valence-electron chi connectivity index (χ3n) is 5.18. The molecular formula is C21H24N4O2S. The molecule has 1 unspecified atom stereocenters. The van der Waals surface area contributed by atoms with Crippen molar-refractivity contribution in [2.24, 2.45) is 0 Å². The molecule has 1 aliphatic rings. The Kier molecular flexibility index (Phi) is 5.73. The predicted octanol–water partition coefficient (Wildman–Crippen LogP) is 4.08. The quantitative estimate of drug-likeness (QED) is 0.616. The van der Waals surface area contributed by atoms with E-state index < -0.39 is 0 Å². The molecule has 1 aromatic carbocycles. The lowest BCUT2D eigenvalue weighted by molar-refractivity contribution is 0.0907. The molecule has 4 rings (SSSR count). The fraction of sp³-hybridized carbons (Fsp3) is 0.333. The molecular weight excluding hydrogens is 372 g/mol. The van der Waals surface area contributed by atoms with Gasteiger partial charge in [-0.25, -0.2) is 0 Å². The number of H-pyrrole nitrogens is 1. The molecule has 3 heterocycles. The Morgan fingerprint density at radius 1 is 1.14 bits per heavy atom. The molecule has 1 atom stereocenters. The molecule has 1 amide bonds. The molecule has 0 aliphatic carbocycles. The maximum Gasteiger partial charge on any atom is 0.269 e. The Morgan fingerprint density at radius 2 is 1.93 bits per heavy atom. The molecule has 28 heavy (non-hydrogen) atoms. The highest BCUT2D eigenvalue weighted by atomic mass is 32.1. The summed E-state index contributed by atoms with van der Waals surface area (Å²) >= 11 is 5.38. The smallest absolute Gasteiger partial charge is 0.269 e. The molecule has 1 saturated heterocycles. The topological polar surface area (TPSA) is 66.2 Å². The molecule has 0 spiro atoms. The van der Waals surface area contributed by atoms with Crippen LogP contribution in [0.3, 0.4) is 0 Å². The van der Waals surface area contributed by atoms with Crippen LogP contribution in [0.1, 0.15) is 41.6 Å². The Hall–Kier alpha value is -2.64. The van der Waals surface area contributed by atoms with Crippen molar-refractivity contribution < 1.29 is 9.21 Å². The fourth-order valence-corrected chi connectivity index (χ4v) is 4.03. The van der Waals surface area contributed by atoms with Crippen LogP contribution in [-0.4, -0.2) is 40.0 Å². The Morgan fingerprint density at radius 3 is 2.64 bits per heavy atom. The van der Waals surface area contributed by atoms with E-state index in [1.54, 1.807) is 17.0 Å². The number of benzene rings is 1. The minimum Gasteiger partial charge on any atom is -0.468 e. The summed E-state index contributed by atoms with van der Waals surface area (Å²) in [6.07, 6.45) is 6.96. The third-order valence-corrected chi connectivity index (χ3v) is 5.48. The van der Waals surface area contributed by atoms with Gasteiger partial charge in [0.25, 0.3) is 5.91 Å². The van der Waals surface area contributed by atoms with E-state index >= 15 is 0 Å². The summed E-state index contributed by atoms with van der Waals surface area (Å²) in [5.74, 6) is 0.723. The number of furan rings is 1. The van der Waals surface area contributed by atoms with Crippen molar-refractivity contribution in [3.8, 4) is 5.69 Å². The summed E-state index contributed by atoms with van der Waals surface area (Å²) in [5, 5.41) is 3.08. The average molecular weight is 397 g/mol. The van der Waals surface area contributed by atoms with E-state index in [0.717, 1.165) is 24.5 Å². The number of carbonyl (C=O) groups is 1. The molecule has 146 valence electrons. The first-order valence-electron chi connectivity index (χ1n) is 9.65. The summed E-state index contributed by atoms with van der Waals surface area (Å²) in [5.41, 5.74) is 1.35. The van der Waals surface area contributed by atoms with Gasteiger partial charge in [0.05, 0.1) is 12.3 Å². The molecule has 3 aromatic rings. The second-order valence-electron chi connectivity index (χ2n) is 6.99. The second kappa shape index (κ2) is 8.58. The number of likely N-dealkylation sites (tertiary alicyclic amines) is 1. The molecule has 6 nitrogen and oxygen atoms in total. The van der Waals surface area contributed by atoms with Gasteiger partial charge in [0.1, 0.15) is 11.5 Å². The number of rotatable bonds is 6. The van der Waals surface area contributed by atoms with Gasteiger partial charge in [-0.1, -0.05) is 24.6 Å². The number of amides is 1. The molecule has 0 saturated carbocycles. The normalized spacial score (nSPS) is 16.0. The molecule has 7 heteroatoms. The summed E-state index contributed by atoms with van der Waals surface area (Å²) < 4.78 is 7.92. The van der Waals surface area contributed by atoms with Crippen molar-refractivity contribution in [2.75, 3.05) is 19.6 Å². The lowest BCUT2D eigenvalue weighted by atomic mass is 10.1. The van der Waals surface area contributed by atoms with Gasteiger partial charge in [0.2, 0.25) is 0 Å². The number of para-hydroxylation sites is 1. The van der Waals surface area contributed by atoms with Gasteiger partial charge in [-0.2, -0.15) is 0 Å². The zero-order valence-corrected chi connectivity index (χ0v) is 16.5. The number of carbonyl (C=O) groups excluding carboxylic acids is 1. The number of hydrogen-bond acceptors (Lipinski definition) is 4. The molecule has 2 aromatic heterocycles. The van der Waals surface area contributed by atoms with Crippen molar-refractivity contribution in [3.63, 3.8) is 0 Å². The number of aromatic amines is 1. The minimum absolute atomic E-state index is 0.0336. The van der Waals surface area contributed by atoms with Gasteiger partial charge in [-0.15, -0.1) is 0 Å². The van der Waals surface area contributed by atoms with Gasteiger partial charge in [0, 0.05) is 18.4 Å². The summed E-state index contributed by atoms with van der Waals surface area (Å²) in [4.78, 5) is 18.3. The molecule has 1 fully saturated rings. The van der Waals surface area contributed by atoms with Crippen LogP contribution in [0, 0.1) is 4.77 Å². The number of imidazole rings is 1. The van der Waals surface area contributed by atoms with E-state index in [1.165, 1.54) is 19.3 Å². The predicted molar refractivity (Wildman–Crippen MR) is 110 cm³/mol. The van der Waals surface area contributed by atoms with Crippen LogP contribution in [0.15, 0.2) is 59.3 Å². The van der Waals surface area contributed by atoms with Gasteiger partial charge < -0.3 is 14.7 Å². The van der Waals surface area contributed by atoms with Crippen LogP contribution < -0.4 is 5.32 Å². The monoisotopic (exact) mass is 396 g/mol. The van der Waals surface area contributed by atoms with E-state index in [2.05, 4.69) is 15.2 Å². The van der Waals surface area contributed by atoms with Crippen LogP contribution in [0.25, 0.3) is 5.69 Å². The van der Waals surface area contributed by atoms with E-state index in [0.29, 0.717) is 17.0 Å². The van der Waals surface area contributed by atoms with E-state index in [9.17, 15) is 4.79 Å². The molecule has 0 radical (unpaired) electrons. The van der Waals surface area contributed by atoms with E-state index in [-0.39, 0.29) is 11.9 Å². The largest absolute Gasteiger partial charge is 0.468 e. The SMILES string of the molecule is O=C(NCC(c1ccco1)N1CCCCC1)c1c[nH]c(=S)n1-c1ccccc1. The van der Waals surface area contributed by atoms with Crippen LogP contribution in [0.2, 0.25) is 0 Å². The van der Waals surface area contributed by atoms with Crippen molar-refractivity contribution in [3.05, 3.63) is 71.1 Å². The van der Waals surface area contributed by atoms with Crippen LogP contribution in [-0.2, 0) is 0 Å². The molecule has 1 aliphatic heterocycles. The third kappa shape index (κ3) is 3.95. The van der Waals surface area contributed by atoms with Gasteiger partial charge in [-0.05, 0) is 62.4 Å². The Balaban J connectivity index is 1.53. The molecule has 2 N–H and O–H groups in total. The van der Waals surface area contributed by atoms with Crippen LogP contribution >= 0.6 is 12.2 Å². The standard InChI is InChI=1S/C21H24N4O2S/c26-20(18-15-23-21(28)25(18)16-8-3-1-4-9-16)22-14-17(19-10-7-13-27-19)24-11-5-2-6-12-24/h1,3-4,7-10,13,15,17H,2,5-6,11-12,14H2,(H,22,26)(H,23,28). The van der Waals surface area contributed by atoms with Crippen molar-refractivity contribution in [1.29, 1.82) is 0 Å². The van der Waals surface area contributed by atoms with Crippen LogP contribution in [0.5, 0.6) is 0 Å². The van der Waals surface area contributed by atoms with E-state index in [4.69, 9.17) is 16.6 Å². The van der Waals surface area contributed by atoms with Gasteiger partial charge in [0.15, 0.2) is 4.77 Å². The zero-order valence-electron chi connectivity index (χ0n) is 15.6. The number of hydrogen-bond donors (Lipinski definition) is 2. The first-order chi connectivity index (χ1) is 13.7. The second-order valence-corrected chi connectivity index (χ2v) is 7.37. The average Bonchev–Trinajstić information content (AvgIpc) is 3.39. The lowest BCUT2D eigenvalue weighted by Crippen LogP contribution is -2.40. The maximum atomic E-state index is 13.0.